The highest BCUT2D eigenvalue weighted by Crippen LogP contribution is 2.24. The molecule has 11 nitrogen and oxygen atoms in total. The number of anilines is 1. The number of aromatic nitrogens is 4. The smallest absolute Gasteiger partial charge is 0.298 e. The number of ether oxygens (including phenoxy) is 1. The Balaban J connectivity index is 1.07. The van der Waals surface area contributed by atoms with Crippen LogP contribution in [-0.2, 0) is 16.1 Å². The van der Waals surface area contributed by atoms with Crippen LogP contribution in [0.2, 0.25) is 0 Å². The molecule has 4 heterocycles. The van der Waals surface area contributed by atoms with Gasteiger partial charge in [-0.25, -0.2) is 5.10 Å². The summed E-state index contributed by atoms with van der Waals surface area (Å²) in [6, 6.07) is 7.78. The van der Waals surface area contributed by atoms with Crippen molar-refractivity contribution in [2.24, 2.45) is 0 Å². The number of piperazine rings is 1. The summed E-state index contributed by atoms with van der Waals surface area (Å²) in [6.45, 7) is 5.64. The van der Waals surface area contributed by atoms with Gasteiger partial charge in [0, 0.05) is 45.0 Å². The number of H-pyrrole nitrogens is 1. The molecule has 0 atom stereocenters. The van der Waals surface area contributed by atoms with Gasteiger partial charge in [-0.3, -0.25) is 9.59 Å². The minimum Gasteiger partial charge on any atom is -0.423 e. The van der Waals surface area contributed by atoms with Gasteiger partial charge in [-0.05, 0) is 24.6 Å². The molecule has 4 aromatic rings. The fraction of sp³-hybridized carbons (Fsp3) is 0.375. The van der Waals surface area contributed by atoms with Crippen molar-refractivity contribution in [3.05, 3.63) is 52.1 Å². The number of fused-ring (bicyclic) bond motifs is 2. The van der Waals surface area contributed by atoms with Crippen LogP contribution in [0.25, 0.3) is 22.0 Å². The van der Waals surface area contributed by atoms with Gasteiger partial charge in [0.25, 0.3) is 11.6 Å². The van der Waals surface area contributed by atoms with Crippen LogP contribution in [0.5, 0.6) is 0 Å². The van der Waals surface area contributed by atoms with Crippen LogP contribution in [0.3, 0.4) is 0 Å². The summed E-state index contributed by atoms with van der Waals surface area (Å²) >= 11 is 0. The SMILES string of the molecule is Cc1cn(CCOCCC(=O)N2CCN(c3nc4ccc(C#N)cc4o3)CC2)c2cn[nH]c(=O)c12. The zero-order chi connectivity index (χ0) is 24.4. The average Bonchev–Trinajstić information content (AvgIpc) is 3.44. The van der Waals surface area contributed by atoms with Crippen LogP contribution in [0, 0.1) is 18.3 Å². The Morgan fingerprint density at radius 3 is 2.89 bits per heavy atom. The number of rotatable bonds is 7. The van der Waals surface area contributed by atoms with Crippen molar-refractivity contribution < 1.29 is 13.9 Å². The van der Waals surface area contributed by atoms with Crippen molar-refractivity contribution in [1.29, 1.82) is 5.26 Å². The lowest BCUT2D eigenvalue weighted by atomic mass is 10.2. The molecule has 1 fully saturated rings. The van der Waals surface area contributed by atoms with E-state index >= 15 is 0 Å². The Hall–Kier alpha value is -4.17. The molecule has 1 aliphatic heterocycles. The number of nitrogens with one attached hydrogen (secondary N) is 1. The highest BCUT2D eigenvalue weighted by atomic mass is 16.5. The molecular weight excluding hydrogens is 450 g/mol. The van der Waals surface area contributed by atoms with Crippen LogP contribution in [0.4, 0.5) is 6.01 Å². The first-order valence-electron chi connectivity index (χ1n) is 11.5. The molecule has 0 unspecified atom stereocenters. The molecule has 11 heteroatoms. The van der Waals surface area contributed by atoms with Crippen molar-refractivity contribution in [3.8, 4) is 6.07 Å². The van der Waals surface area contributed by atoms with Gasteiger partial charge in [0.2, 0.25) is 5.91 Å². The Morgan fingerprint density at radius 1 is 1.26 bits per heavy atom. The highest BCUT2D eigenvalue weighted by molar-refractivity contribution is 5.81. The lowest BCUT2D eigenvalue weighted by Crippen LogP contribution is -2.49. The number of hydrogen-bond acceptors (Lipinski definition) is 8. The van der Waals surface area contributed by atoms with Crippen molar-refractivity contribution in [3.63, 3.8) is 0 Å². The van der Waals surface area contributed by atoms with Gasteiger partial charge in [-0.1, -0.05) is 0 Å². The zero-order valence-electron chi connectivity index (χ0n) is 19.4. The Morgan fingerprint density at radius 2 is 2.09 bits per heavy atom. The predicted octanol–water partition coefficient (Wildman–Crippen LogP) is 1.80. The van der Waals surface area contributed by atoms with E-state index < -0.39 is 0 Å². The quantitative estimate of drug-likeness (QED) is 0.400. The number of aromatic amines is 1. The van der Waals surface area contributed by atoms with Crippen molar-refractivity contribution >= 4 is 33.9 Å². The number of aryl methyl sites for hydroxylation is 1. The summed E-state index contributed by atoms with van der Waals surface area (Å²) in [5.41, 5.74) is 3.29. The average molecular weight is 476 g/mol. The predicted molar refractivity (Wildman–Crippen MR) is 128 cm³/mol. The van der Waals surface area contributed by atoms with Gasteiger partial charge in [0.05, 0.1) is 48.4 Å². The molecule has 1 aliphatic rings. The van der Waals surface area contributed by atoms with E-state index in [4.69, 9.17) is 14.4 Å². The van der Waals surface area contributed by atoms with Gasteiger partial charge in [0.15, 0.2) is 5.58 Å². The maximum absolute atomic E-state index is 12.6. The maximum atomic E-state index is 12.6. The second-order valence-electron chi connectivity index (χ2n) is 8.49. The highest BCUT2D eigenvalue weighted by Gasteiger charge is 2.24. The van der Waals surface area contributed by atoms with Gasteiger partial charge in [-0.15, -0.1) is 0 Å². The Labute approximate surface area is 200 Å². The number of nitriles is 1. The molecule has 0 bridgehead atoms. The topological polar surface area (TPSA) is 133 Å². The van der Waals surface area contributed by atoms with E-state index in [9.17, 15) is 9.59 Å². The molecule has 0 saturated carbocycles. The second kappa shape index (κ2) is 9.60. The molecule has 180 valence electrons. The molecule has 0 radical (unpaired) electrons. The summed E-state index contributed by atoms with van der Waals surface area (Å²) in [4.78, 5) is 32.9. The molecule has 35 heavy (non-hydrogen) atoms. The molecular formula is C24H25N7O4. The fourth-order valence-corrected chi connectivity index (χ4v) is 4.39. The van der Waals surface area contributed by atoms with E-state index in [0.717, 1.165) is 11.1 Å². The monoisotopic (exact) mass is 475 g/mol. The van der Waals surface area contributed by atoms with Crippen LogP contribution >= 0.6 is 0 Å². The summed E-state index contributed by atoms with van der Waals surface area (Å²) < 4.78 is 13.5. The first kappa shape index (κ1) is 22.6. The van der Waals surface area contributed by atoms with Crippen LogP contribution in [0.1, 0.15) is 17.5 Å². The van der Waals surface area contributed by atoms with E-state index in [-0.39, 0.29) is 11.5 Å². The van der Waals surface area contributed by atoms with Gasteiger partial charge in [0.1, 0.15) is 5.52 Å². The van der Waals surface area contributed by atoms with E-state index in [1.54, 1.807) is 24.4 Å². The number of carbonyl (C=O) groups is 1. The molecule has 1 amide bonds. The largest absolute Gasteiger partial charge is 0.423 e. The summed E-state index contributed by atoms with van der Waals surface area (Å²) in [6.07, 6.45) is 3.86. The van der Waals surface area contributed by atoms with Crippen molar-refractivity contribution in [2.75, 3.05) is 44.3 Å². The number of oxazole rings is 1. The van der Waals surface area contributed by atoms with Crippen LogP contribution < -0.4 is 10.5 Å². The molecule has 5 rings (SSSR count). The normalized spacial score (nSPS) is 14.1. The Bertz CT molecular complexity index is 1470. The minimum absolute atomic E-state index is 0.0545. The summed E-state index contributed by atoms with van der Waals surface area (Å²) in [5, 5.41) is 16.0. The third-order valence-electron chi connectivity index (χ3n) is 6.24. The Kier molecular flexibility index (Phi) is 6.20. The number of hydrogen-bond donors (Lipinski definition) is 1. The third-order valence-corrected chi connectivity index (χ3v) is 6.24. The van der Waals surface area contributed by atoms with E-state index in [1.807, 2.05) is 27.5 Å². The number of carbonyl (C=O) groups excluding carboxylic acids is 1. The third kappa shape index (κ3) is 4.61. The fourth-order valence-electron chi connectivity index (χ4n) is 4.39. The van der Waals surface area contributed by atoms with Crippen LogP contribution in [-0.4, -0.2) is 69.9 Å². The molecule has 1 aromatic carbocycles. The van der Waals surface area contributed by atoms with Gasteiger partial charge in [-0.2, -0.15) is 15.3 Å². The second-order valence-corrected chi connectivity index (χ2v) is 8.49. The number of benzene rings is 1. The maximum Gasteiger partial charge on any atom is 0.298 e. The number of nitrogens with zero attached hydrogens (tertiary/aromatic N) is 6. The van der Waals surface area contributed by atoms with E-state index in [2.05, 4.69) is 21.3 Å². The first-order valence-corrected chi connectivity index (χ1v) is 11.5. The lowest BCUT2D eigenvalue weighted by molar-refractivity contribution is -0.132. The van der Waals surface area contributed by atoms with Crippen molar-refractivity contribution in [1.82, 2.24) is 24.6 Å². The first-order chi connectivity index (χ1) is 17.0. The molecule has 1 saturated heterocycles. The molecule has 0 aliphatic carbocycles. The van der Waals surface area contributed by atoms with Gasteiger partial charge < -0.3 is 23.5 Å². The minimum atomic E-state index is -0.199. The van der Waals surface area contributed by atoms with E-state index in [0.29, 0.717) is 80.4 Å². The summed E-state index contributed by atoms with van der Waals surface area (Å²) in [7, 11) is 0. The molecule has 3 aromatic heterocycles. The van der Waals surface area contributed by atoms with Crippen LogP contribution in [0.15, 0.2) is 39.8 Å². The molecule has 0 spiro atoms. The number of amides is 1. The van der Waals surface area contributed by atoms with Crippen molar-refractivity contribution in [2.45, 2.75) is 19.9 Å². The van der Waals surface area contributed by atoms with E-state index in [1.165, 1.54) is 0 Å². The standard InChI is InChI=1S/C24H25N7O4/c1-16-15-31(19-14-26-28-23(33)22(16)19)9-11-34-10-4-21(32)29-5-7-30(8-6-29)24-27-18-3-2-17(13-25)12-20(18)35-24/h2-3,12,14-15H,4-11H2,1H3,(H,28,33). The lowest BCUT2D eigenvalue weighted by Gasteiger charge is -2.33. The van der Waals surface area contributed by atoms with Gasteiger partial charge >= 0.3 is 0 Å². The zero-order valence-corrected chi connectivity index (χ0v) is 19.4. The summed E-state index contributed by atoms with van der Waals surface area (Å²) in [5.74, 6) is 0.0545. The molecule has 1 N–H and O–H groups in total.